The molecule has 0 aliphatic rings. The van der Waals surface area contributed by atoms with Gasteiger partial charge in [-0.3, -0.25) is 19.2 Å². The van der Waals surface area contributed by atoms with E-state index in [1.165, 1.54) is 231 Å². The van der Waals surface area contributed by atoms with Gasteiger partial charge in [0.25, 0.3) is 0 Å². The molecule has 0 saturated heterocycles. The molecule has 0 amide bonds. The Morgan fingerprint density at radius 3 is 0.506 bits per heavy atom. The van der Waals surface area contributed by atoms with Gasteiger partial charge in [0.2, 0.25) is 0 Å². The van der Waals surface area contributed by atoms with E-state index in [1.807, 2.05) is 0 Å². The van der Waals surface area contributed by atoms with Crippen LogP contribution in [0, 0.1) is 10.8 Å². The van der Waals surface area contributed by atoms with Crippen LogP contribution in [0.5, 0.6) is 0 Å². The molecule has 0 unspecified atom stereocenters. The van der Waals surface area contributed by atoms with Crippen LogP contribution in [-0.4, -0.2) is 86.9 Å². The van der Waals surface area contributed by atoms with Crippen molar-refractivity contribution in [3.8, 4) is 0 Å². The molecule has 0 aromatic carbocycles. The van der Waals surface area contributed by atoms with E-state index >= 15 is 0 Å². The highest BCUT2D eigenvalue weighted by Crippen LogP contribution is 2.26. The molecule has 11 nitrogen and oxygen atoms in total. The number of esters is 4. The summed E-state index contributed by atoms with van der Waals surface area (Å²) in [5.41, 5.74) is -2.59. The van der Waals surface area contributed by atoms with Gasteiger partial charge < -0.3 is 33.9 Å². The van der Waals surface area contributed by atoms with E-state index in [2.05, 4.69) is 27.7 Å². The fourth-order valence-electron chi connectivity index (χ4n) is 11.4. The van der Waals surface area contributed by atoms with Crippen LogP contribution in [0.1, 0.15) is 387 Å². The molecule has 0 rings (SSSR count). The summed E-state index contributed by atoms with van der Waals surface area (Å²) >= 11 is 0. The molecule has 0 aromatic heterocycles. The van der Waals surface area contributed by atoms with Gasteiger partial charge in [-0.1, -0.05) is 336 Å². The first kappa shape index (κ1) is 82.8. The lowest BCUT2D eigenvalue weighted by Gasteiger charge is -2.34. The summed E-state index contributed by atoms with van der Waals surface area (Å²) in [5, 5.41) is 22.0. The Bertz CT molecular complexity index is 1240. The lowest BCUT2D eigenvalue weighted by molar-refractivity contribution is -0.168. The summed E-state index contributed by atoms with van der Waals surface area (Å²) < 4.78 is 29.6. The SMILES string of the molecule is CCCCCCCCCCCCCCCC(=O)OCC(CO)(COCC(CO)(COC(=O)CCCCCCCCCCCCCCC)COC(=O)CCCCCCCCCCCCCCC)COC(=O)CCCCCCCCCCCCCCC. The minimum Gasteiger partial charge on any atom is -0.465 e. The van der Waals surface area contributed by atoms with E-state index in [0.29, 0.717) is 25.7 Å². The number of carbonyl (C=O) groups excluding carboxylic acids is 4. The van der Waals surface area contributed by atoms with Crippen molar-refractivity contribution in [3.05, 3.63) is 0 Å². The zero-order valence-electron chi connectivity index (χ0n) is 56.8. The van der Waals surface area contributed by atoms with Gasteiger partial charge in [0.15, 0.2) is 0 Å². The minimum absolute atomic E-state index is 0.191. The van der Waals surface area contributed by atoms with Crippen molar-refractivity contribution in [1.82, 2.24) is 0 Å². The van der Waals surface area contributed by atoms with Crippen LogP contribution in [0.15, 0.2) is 0 Å². The second-order valence-electron chi connectivity index (χ2n) is 26.4. The van der Waals surface area contributed by atoms with Gasteiger partial charge in [0.1, 0.15) is 26.4 Å². The predicted octanol–water partition coefficient (Wildman–Crippen LogP) is 21.1. The number of hydrogen-bond donors (Lipinski definition) is 2. The molecule has 85 heavy (non-hydrogen) atoms. The highest BCUT2D eigenvalue weighted by atomic mass is 16.6. The van der Waals surface area contributed by atoms with Crippen LogP contribution in [-0.2, 0) is 42.9 Å². The second-order valence-corrected chi connectivity index (χ2v) is 26.4. The summed E-state index contributed by atoms with van der Waals surface area (Å²) in [7, 11) is 0. The molecule has 0 radical (unpaired) electrons. The molecule has 0 heterocycles. The number of unbranched alkanes of at least 4 members (excludes halogenated alkanes) is 48. The fourth-order valence-corrected chi connectivity index (χ4v) is 11.4. The maximum Gasteiger partial charge on any atom is 0.305 e. The first-order chi connectivity index (χ1) is 41.6. The number of aliphatic hydroxyl groups is 2. The van der Waals surface area contributed by atoms with Crippen molar-refractivity contribution in [2.24, 2.45) is 10.8 Å². The Balaban J connectivity index is 5.63. The zero-order chi connectivity index (χ0) is 62.1. The molecule has 0 fully saturated rings. The van der Waals surface area contributed by atoms with Crippen LogP contribution < -0.4 is 0 Å². The Morgan fingerprint density at radius 2 is 0.365 bits per heavy atom. The molecule has 504 valence electrons. The van der Waals surface area contributed by atoms with Crippen molar-refractivity contribution < 1.29 is 53.1 Å². The Labute approximate surface area is 525 Å². The maximum atomic E-state index is 13.2. The van der Waals surface area contributed by atoms with Gasteiger partial charge >= 0.3 is 23.9 Å². The summed E-state index contributed by atoms with van der Waals surface area (Å²) in [6.07, 6.45) is 63.6. The smallest absolute Gasteiger partial charge is 0.305 e. The first-order valence-electron chi connectivity index (χ1n) is 37.1. The van der Waals surface area contributed by atoms with E-state index in [9.17, 15) is 29.4 Å². The molecule has 0 atom stereocenters. The van der Waals surface area contributed by atoms with Crippen LogP contribution >= 0.6 is 0 Å². The second kappa shape index (κ2) is 64.7. The van der Waals surface area contributed by atoms with Crippen LogP contribution in [0.2, 0.25) is 0 Å². The van der Waals surface area contributed by atoms with E-state index in [1.54, 1.807) is 0 Å². The standard InChI is InChI=1S/C74H142O11/c1-5-9-13-17-21-25-29-33-37-41-45-49-53-57-69(77)82-65-73(61-75,66-83-70(78)58-54-50-46-42-38-34-30-26-22-18-14-10-6-2)63-81-64-74(62-76,67-84-71(79)59-55-51-47-43-39-35-31-27-23-19-15-11-7-3)68-85-72(80)60-56-52-48-44-40-36-32-28-24-20-16-12-8-4/h75-76H,5-68H2,1-4H3. The maximum absolute atomic E-state index is 13.2. The highest BCUT2D eigenvalue weighted by Gasteiger charge is 2.38. The van der Waals surface area contributed by atoms with E-state index in [-0.39, 0.29) is 89.2 Å². The number of carbonyl (C=O) groups is 4. The molecular weight excluding hydrogens is 1060 g/mol. The van der Waals surface area contributed by atoms with Crippen LogP contribution in [0.4, 0.5) is 0 Å². The number of ether oxygens (including phenoxy) is 5. The van der Waals surface area contributed by atoms with Crippen molar-refractivity contribution in [2.45, 2.75) is 387 Å². The summed E-state index contributed by atoms with van der Waals surface area (Å²) in [6, 6.07) is 0. The molecular formula is C74H142O11. The minimum atomic E-state index is -1.30. The van der Waals surface area contributed by atoms with Gasteiger partial charge in [0.05, 0.1) is 37.3 Å². The normalized spacial score (nSPS) is 11.8. The lowest BCUT2D eigenvalue weighted by atomic mass is 9.90. The van der Waals surface area contributed by atoms with Crippen molar-refractivity contribution in [3.63, 3.8) is 0 Å². The highest BCUT2D eigenvalue weighted by molar-refractivity contribution is 5.70. The first-order valence-corrected chi connectivity index (χ1v) is 37.1. The summed E-state index contributed by atoms with van der Waals surface area (Å²) in [5.74, 6) is -1.52. The lowest BCUT2D eigenvalue weighted by Crippen LogP contribution is -2.46. The molecule has 0 spiro atoms. The molecule has 0 aromatic rings. The Kier molecular flexibility index (Phi) is 63.0. The van der Waals surface area contributed by atoms with E-state index in [0.717, 1.165) is 77.0 Å². The Hall–Kier alpha value is -2.24. The van der Waals surface area contributed by atoms with Gasteiger partial charge in [-0.25, -0.2) is 0 Å². The molecule has 11 heteroatoms. The number of hydrogen-bond acceptors (Lipinski definition) is 11. The van der Waals surface area contributed by atoms with Crippen LogP contribution in [0.25, 0.3) is 0 Å². The fraction of sp³-hybridized carbons (Fsp3) is 0.946. The third-order valence-corrected chi connectivity index (χ3v) is 17.6. The van der Waals surface area contributed by atoms with E-state index < -0.39 is 24.0 Å². The zero-order valence-corrected chi connectivity index (χ0v) is 56.8. The van der Waals surface area contributed by atoms with Gasteiger partial charge in [0, 0.05) is 25.7 Å². The van der Waals surface area contributed by atoms with Crippen molar-refractivity contribution in [1.29, 1.82) is 0 Å². The summed E-state index contributed by atoms with van der Waals surface area (Å²) in [6.45, 7) is 6.69. The molecule has 2 N–H and O–H groups in total. The molecule has 0 bridgehead atoms. The van der Waals surface area contributed by atoms with Crippen molar-refractivity contribution >= 4 is 23.9 Å². The van der Waals surface area contributed by atoms with Crippen LogP contribution in [0.3, 0.4) is 0 Å². The summed E-state index contributed by atoms with van der Waals surface area (Å²) in [4.78, 5) is 52.8. The van der Waals surface area contributed by atoms with Gasteiger partial charge in [-0.15, -0.1) is 0 Å². The number of rotatable bonds is 70. The Morgan fingerprint density at radius 1 is 0.224 bits per heavy atom. The molecule has 0 aliphatic carbocycles. The van der Waals surface area contributed by atoms with Gasteiger partial charge in [-0.2, -0.15) is 0 Å². The predicted molar refractivity (Wildman–Crippen MR) is 355 cm³/mol. The quantitative estimate of drug-likeness (QED) is 0.0340. The third-order valence-electron chi connectivity index (χ3n) is 17.6. The third kappa shape index (κ3) is 56.7. The van der Waals surface area contributed by atoms with Crippen molar-refractivity contribution in [2.75, 3.05) is 52.9 Å². The average Bonchev–Trinajstić information content (AvgIpc) is 3.62. The largest absolute Gasteiger partial charge is 0.465 e. The van der Waals surface area contributed by atoms with E-state index in [4.69, 9.17) is 23.7 Å². The topological polar surface area (TPSA) is 155 Å². The molecule has 0 saturated carbocycles. The monoisotopic (exact) mass is 1210 g/mol. The average molecular weight is 1210 g/mol. The molecule has 0 aliphatic heterocycles. The van der Waals surface area contributed by atoms with Gasteiger partial charge in [-0.05, 0) is 25.7 Å². The number of aliphatic hydroxyl groups excluding tert-OH is 2.